The van der Waals surface area contributed by atoms with E-state index in [-0.39, 0.29) is 15.6 Å². The topological polar surface area (TPSA) is 85.4 Å². The van der Waals surface area contributed by atoms with Gasteiger partial charge in [0.2, 0.25) is 0 Å². The summed E-state index contributed by atoms with van der Waals surface area (Å²) in [6.07, 6.45) is 0. The van der Waals surface area contributed by atoms with Crippen LogP contribution in [0.5, 0.6) is 0 Å². The summed E-state index contributed by atoms with van der Waals surface area (Å²) in [6, 6.07) is 3.80. The largest absolute Gasteiger partial charge is 0.464 e. The van der Waals surface area contributed by atoms with Gasteiger partial charge in [-0.25, -0.2) is 22.6 Å². The maximum Gasteiger partial charge on any atom is 0.358 e. The molecule has 0 spiro atoms. The van der Waals surface area contributed by atoms with E-state index in [0.29, 0.717) is 5.56 Å². The van der Waals surface area contributed by atoms with Crippen molar-refractivity contribution in [3.63, 3.8) is 0 Å². The number of esters is 1. The maximum absolute atomic E-state index is 13.2. The number of ether oxygens (including phenoxy) is 1. The van der Waals surface area contributed by atoms with Crippen LogP contribution in [0.25, 0.3) is 0 Å². The zero-order valence-corrected chi connectivity index (χ0v) is 12.7. The molecule has 1 aromatic carbocycles. The maximum atomic E-state index is 13.2. The number of nitrogens with zero attached hydrogens (tertiary/aromatic N) is 1. The molecule has 0 aliphatic rings. The van der Waals surface area contributed by atoms with Gasteiger partial charge < -0.3 is 4.74 Å². The second-order valence-electron chi connectivity index (χ2n) is 4.05. The number of sulfonamides is 1. The Kier molecular flexibility index (Phi) is 4.24. The van der Waals surface area contributed by atoms with E-state index in [9.17, 15) is 17.6 Å². The number of anilines is 1. The number of carbonyl (C=O) groups is 1. The number of thiazole rings is 1. The lowest BCUT2D eigenvalue weighted by Crippen LogP contribution is -2.16. The molecular formula is C12H11FN2O4S2. The van der Waals surface area contributed by atoms with Crippen LogP contribution in [0.3, 0.4) is 0 Å². The Bertz CT molecular complexity index is 786. The summed E-state index contributed by atoms with van der Waals surface area (Å²) >= 11 is 0.790. The molecule has 2 rings (SSSR count). The first-order valence-electron chi connectivity index (χ1n) is 5.66. The van der Waals surface area contributed by atoms with Crippen LogP contribution in [0.2, 0.25) is 0 Å². The van der Waals surface area contributed by atoms with Crippen molar-refractivity contribution in [2.45, 2.75) is 11.1 Å². The zero-order valence-electron chi connectivity index (χ0n) is 11.1. The van der Waals surface area contributed by atoms with Crippen LogP contribution in [0, 0.1) is 12.7 Å². The van der Waals surface area contributed by atoms with Crippen molar-refractivity contribution in [3.05, 3.63) is 40.8 Å². The Morgan fingerprint density at radius 3 is 2.76 bits per heavy atom. The van der Waals surface area contributed by atoms with Crippen molar-refractivity contribution in [3.8, 4) is 0 Å². The average molecular weight is 330 g/mol. The highest BCUT2D eigenvalue weighted by atomic mass is 32.2. The SMILES string of the molecule is COC(=O)c1ncsc1S(=O)(=O)Nc1ccc(F)c(C)c1. The third-order valence-corrected chi connectivity index (χ3v) is 5.32. The number of methoxy groups -OCH3 is 1. The molecule has 1 aromatic heterocycles. The third-order valence-electron chi connectivity index (χ3n) is 2.57. The molecule has 0 atom stereocenters. The fraction of sp³-hybridized carbons (Fsp3) is 0.167. The number of hydrogen-bond donors (Lipinski definition) is 1. The highest BCUT2D eigenvalue weighted by Crippen LogP contribution is 2.24. The Balaban J connectivity index is 2.37. The van der Waals surface area contributed by atoms with Crippen LogP contribution in [0.4, 0.5) is 10.1 Å². The Labute approximate surface area is 124 Å². The molecule has 0 radical (unpaired) electrons. The summed E-state index contributed by atoms with van der Waals surface area (Å²) in [4.78, 5) is 15.2. The fourth-order valence-corrected chi connectivity index (χ4v) is 3.75. The molecule has 0 aliphatic carbocycles. The first kappa shape index (κ1) is 15.4. The first-order valence-corrected chi connectivity index (χ1v) is 8.02. The predicted octanol–water partition coefficient (Wildman–Crippen LogP) is 2.18. The monoisotopic (exact) mass is 330 g/mol. The number of aryl methyl sites for hydroxylation is 1. The number of benzene rings is 1. The molecule has 2 aromatic rings. The standard InChI is InChI=1S/C12H11FN2O4S2/c1-7-5-8(3-4-9(7)13)15-21(17,18)12-10(11(16)19-2)14-6-20-12/h3-6,15H,1-2H3. The molecule has 0 saturated carbocycles. The van der Waals surface area contributed by atoms with Crippen molar-refractivity contribution in [1.29, 1.82) is 0 Å². The van der Waals surface area contributed by atoms with Crippen LogP contribution in [0.1, 0.15) is 16.1 Å². The molecule has 1 heterocycles. The minimum absolute atomic E-state index is 0.193. The molecule has 0 unspecified atom stereocenters. The second kappa shape index (κ2) is 5.78. The number of carbonyl (C=O) groups excluding carboxylic acids is 1. The molecule has 21 heavy (non-hydrogen) atoms. The lowest BCUT2D eigenvalue weighted by Gasteiger charge is -2.08. The summed E-state index contributed by atoms with van der Waals surface area (Å²) < 4.78 is 44.2. The minimum Gasteiger partial charge on any atom is -0.464 e. The van der Waals surface area contributed by atoms with Gasteiger partial charge in [0.1, 0.15) is 5.82 Å². The molecule has 1 N–H and O–H groups in total. The molecular weight excluding hydrogens is 319 g/mol. The second-order valence-corrected chi connectivity index (χ2v) is 6.78. The highest BCUT2D eigenvalue weighted by Gasteiger charge is 2.26. The van der Waals surface area contributed by atoms with E-state index in [2.05, 4.69) is 14.4 Å². The molecule has 0 amide bonds. The number of rotatable bonds is 4. The minimum atomic E-state index is -4.00. The van der Waals surface area contributed by atoms with Gasteiger partial charge >= 0.3 is 5.97 Å². The van der Waals surface area contributed by atoms with E-state index in [0.717, 1.165) is 24.5 Å². The van der Waals surface area contributed by atoms with Gasteiger partial charge in [0.25, 0.3) is 10.0 Å². The van der Waals surface area contributed by atoms with Crippen LogP contribution in [-0.4, -0.2) is 26.5 Å². The summed E-state index contributed by atoms with van der Waals surface area (Å²) in [6.45, 7) is 1.51. The van der Waals surface area contributed by atoms with Crippen LogP contribution in [-0.2, 0) is 14.8 Å². The molecule has 0 aliphatic heterocycles. The van der Waals surface area contributed by atoms with Gasteiger partial charge in [-0.1, -0.05) is 0 Å². The van der Waals surface area contributed by atoms with Gasteiger partial charge in [-0.05, 0) is 30.7 Å². The molecule has 0 fully saturated rings. The molecule has 112 valence electrons. The van der Waals surface area contributed by atoms with Crippen molar-refractivity contribution >= 4 is 33.0 Å². The van der Waals surface area contributed by atoms with Gasteiger partial charge in [-0.3, -0.25) is 4.72 Å². The smallest absolute Gasteiger partial charge is 0.358 e. The number of hydrogen-bond acceptors (Lipinski definition) is 6. The summed E-state index contributed by atoms with van der Waals surface area (Å²) in [5, 5.41) is 0. The molecule has 0 bridgehead atoms. The van der Waals surface area contributed by atoms with E-state index in [1.165, 1.54) is 24.6 Å². The Morgan fingerprint density at radius 1 is 1.43 bits per heavy atom. The van der Waals surface area contributed by atoms with E-state index in [4.69, 9.17) is 0 Å². The summed E-state index contributed by atoms with van der Waals surface area (Å²) in [5.41, 5.74) is 1.44. The number of aromatic nitrogens is 1. The third kappa shape index (κ3) is 3.19. The molecule has 9 heteroatoms. The van der Waals surface area contributed by atoms with E-state index < -0.39 is 21.8 Å². The highest BCUT2D eigenvalue weighted by molar-refractivity contribution is 7.94. The lowest BCUT2D eigenvalue weighted by molar-refractivity contribution is 0.0590. The zero-order chi connectivity index (χ0) is 15.6. The van der Waals surface area contributed by atoms with Gasteiger partial charge in [-0.15, -0.1) is 11.3 Å². The van der Waals surface area contributed by atoms with E-state index >= 15 is 0 Å². The number of nitrogens with one attached hydrogen (secondary N) is 1. The van der Waals surface area contributed by atoms with Crippen molar-refractivity contribution < 1.29 is 22.3 Å². The summed E-state index contributed by atoms with van der Waals surface area (Å²) in [5.74, 6) is -1.28. The molecule has 6 nitrogen and oxygen atoms in total. The van der Waals surface area contributed by atoms with Crippen LogP contribution < -0.4 is 4.72 Å². The van der Waals surface area contributed by atoms with E-state index in [1.54, 1.807) is 0 Å². The van der Waals surface area contributed by atoms with Crippen molar-refractivity contribution in [1.82, 2.24) is 4.98 Å². The van der Waals surface area contributed by atoms with Gasteiger partial charge in [-0.2, -0.15) is 0 Å². The lowest BCUT2D eigenvalue weighted by atomic mass is 10.2. The normalized spacial score (nSPS) is 11.2. The van der Waals surface area contributed by atoms with Crippen molar-refractivity contribution in [2.75, 3.05) is 11.8 Å². The van der Waals surface area contributed by atoms with Crippen LogP contribution in [0.15, 0.2) is 27.9 Å². The fourth-order valence-electron chi connectivity index (χ4n) is 1.57. The first-order chi connectivity index (χ1) is 9.85. The average Bonchev–Trinajstić information content (AvgIpc) is 2.92. The van der Waals surface area contributed by atoms with Gasteiger partial charge in [0, 0.05) is 5.69 Å². The number of halogens is 1. The van der Waals surface area contributed by atoms with Crippen molar-refractivity contribution in [2.24, 2.45) is 0 Å². The Morgan fingerprint density at radius 2 is 2.14 bits per heavy atom. The Hall–Kier alpha value is -2.00. The quantitative estimate of drug-likeness (QED) is 0.869. The summed E-state index contributed by atoms with van der Waals surface area (Å²) in [7, 11) is -2.87. The van der Waals surface area contributed by atoms with Crippen LogP contribution >= 0.6 is 11.3 Å². The predicted molar refractivity (Wildman–Crippen MR) is 75.4 cm³/mol. The van der Waals surface area contributed by atoms with Gasteiger partial charge in [0.05, 0.1) is 12.6 Å². The molecule has 0 saturated heterocycles. The van der Waals surface area contributed by atoms with Gasteiger partial charge in [0.15, 0.2) is 9.90 Å². The van der Waals surface area contributed by atoms with E-state index in [1.807, 2.05) is 0 Å².